The maximum Gasteiger partial charge on any atom is 0.211 e. The Balaban J connectivity index is 1.16. The van der Waals surface area contributed by atoms with E-state index in [0.717, 1.165) is 13.0 Å². The summed E-state index contributed by atoms with van der Waals surface area (Å²) in [5, 5.41) is 11.2. The van der Waals surface area contributed by atoms with Gasteiger partial charge in [0.1, 0.15) is 0 Å². The maximum atomic E-state index is 4.20. The molecule has 3 aliphatic carbocycles. The van der Waals surface area contributed by atoms with E-state index in [4.69, 9.17) is 0 Å². The molecule has 4 heterocycles. The van der Waals surface area contributed by atoms with Crippen LogP contribution in [0.1, 0.15) is 181 Å². The second-order valence-corrected chi connectivity index (χ2v) is 31.4. The van der Waals surface area contributed by atoms with Crippen molar-refractivity contribution in [2.45, 2.75) is 174 Å². The van der Waals surface area contributed by atoms with Gasteiger partial charge in [-0.25, -0.2) is 0 Å². The van der Waals surface area contributed by atoms with Crippen molar-refractivity contribution < 1.29 is 0 Å². The number of aromatic nitrogens is 1. The Morgan fingerprint density at radius 3 is 1.71 bits per heavy atom. The molecular weight excluding hydrogens is 956 g/mol. The number of benzene rings is 7. The second kappa shape index (κ2) is 15.4. The maximum absolute atomic E-state index is 4.20. The summed E-state index contributed by atoms with van der Waals surface area (Å²) >= 11 is 4.02. The van der Waals surface area contributed by atoms with Crippen LogP contribution in [0.5, 0.6) is 0 Å². The third-order valence-electron chi connectivity index (χ3n) is 19.8. The van der Waals surface area contributed by atoms with Crippen LogP contribution in [-0.2, 0) is 37.9 Å². The fourth-order valence-electron chi connectivity index (χ4n) is 14.9. The molecule has 384 valence electrons. The van der Waals surface area contributed by atoms with Crippen LogP contribution >= 0.6 is 22.7 Å². The summed E-state index contributed by atoms with van der Waals surface area (Å²) in [6.07, 6.45) is 4.77. The van der Waals surface area contributed by atoms with Gasteiger partial charge in [-0.2, -0.15) is 0 Å². The van der Waals surface area contributed by atoms with E-state index >= 15 is 0 Å². The molecule has 4 aliphatic rings. The average Bonchev–Trinajstić information content (AvgIpc) is 4.24. The third kappa shape index (κ3) is 6.76. The predicted molar refractivity (Wildman–Crippen MR) is 336 cm³/mol. The molecular formula is C71H75BN2S2. The molecule has 2 nitrogen and oxygen atoms in total. The minimum Gasteiger partial charge on any atom is -0.355 e. The first-order chi connectivity index (χ1) is 35.6. The lowest BCUT2D eigenvalue weighted by atomic mass is 9.61. The van der Waals surface area contributed by atoms with E-state index in [1.54, 1.807) is 0 Å². The first-order valence-electron chi connectivity index (χ1n) is 28.5. The topological polar surface area (TPSA) is 17.0 Å². The molecule has 0 saturated heterocycles. The molecule has 0 fully saturated rings. The molecule has 5 heteroatoms. The number of rotatable bonds is 3. The van der Waals surface area contributed by atoms with E-state index in [-0.39, 0.29) is 37.9 Å². The monoisotopic (exact) mass is 1030 g/mol. The zero-order chi connectivity index (χ0) is 53.3. The third-order valence-corrected chi connectivity index (χ3v) is 22.1. The molecule has 0 amide bonds. The molecule has 7 aromatic carbocycles. The van der Waals surface area contributed by atoms with Crippen molar-refractivity contribution in [3.8, 4) is 27.9 Å². The van der Waals surface area contributed by atoms with Crippen molar-refractivity contribution in [1.29, 1.82) is 0 Å². The number of nitrogens with one attached hydrogen (secondary N) is 1. The van der Waals surface area contributed by atoms with Crippen LogP contribution in [0, 0.1) is 0 Å². The predicted octanol–water partition coefficient (Wildman–Crippen LogP) is 19.1. The van der Waals surface area contributed by atoms with Gasteiger partial charge >= 0.3 is 0 Å². The molecule has 0 atom stereocenters. The quantitative estimate of drug-likeness (QED) is 0.175. The van der Waals surface area contributed by atoms with E-state index in [1.165, 1.54) is 166 Å². The van der Waals surface area contributed by atoms with Crippen LogP contribution in [0.15, 0.2) is 103 Å². The highest BCUT2D eigenvalue weighted by atomic mass is 32.1. The van der Waals surface area contributed by atoms with Gasteiger partial charge in [0, 0.05) is 68.9 Å². The van der Waals surface area contributed by atoms with Crippen molar-refractivity contribution in [3.05, 3.63) is 148 Å². The molecule has 3 aromatic heterocycles. The Labute approximate surface area is 460 Å². The lowest BCUT2D eigenvalue weighted by Gasteiger charge is -2.42. The van der Waals surface area contributed by atoms with Gasteiger partial charge in [0.2, 0.25) is 7.28 Å². The standard InChI is InChI=1S/C71H75BN2S2/c1-65(2,3)38-21-24-40(25-22-38)73-52-34-43-42-32-48-51(70(13,14)30-28-67(48,7)8)37-56(42)75-55(43)35-44(52)58-57-41-19-17-18-20-47(41)71(15,16)60(57)59-45-33-49-50(69(11,12)29-27-68(49,9)10)36-53(45)74-62-46-31-39(66(4,5)6)23-26-54(46)76-64(62)72-61(58)63(59)74/h17-26,31-37,72-73H,27-30H2,1-16H3. The number of thiophene rings is 2. The molecule has 0 unspecified atom stereocenters. The molecule has 14 rings (SSSR count). The lowest BCUT2D eigenvalue weighted by Crippen LogP contribution is -2.36. The normalized spacial score (nSPS) is 18.4. The van der Waals surface area contributed by atoms with Crippen LogP contribution in [-0.4, -0.2) is 11.8 Å². The largest absolute Gasteiger partial charge is 0.355 e. The van der Waals surface area contributed by atoms with Gasteiger partial charge in [-0.3, -0.25) is 0 Å². The Morgan fingerprint density at radius 2 is 1.07 bits per heavy atom. The lowest BCUT2D eigenvalue weighted by molar-refractivity contribution is 0.332. The van der Waals surface area contributed by atoms with Crippen molar-refractivity contribution in [3.63, 3.8) is 0 Å². The fourth-order valence-corrected chi connectivity index (χ4v) is 17.2. The van der Waals surface area contributed by atoms with E-state index in [1.807, 2.05) is 22.7 Å². The Morgan fingerprint density at radius 1 is 0.500 bits per heavy atom. The summed E-state index contributed by atoms with van der Waals surface area (Å²) in [7, 11) is 0.870. The highest BCUT2D eigenvalue weighted by Crippen LogP contribution is 2.59. The first-order valence-corrected chi connectivity index (χ1v) is 30.1. The molecule has 0 saturated carbocycles. The number of fused-ring (bicyclic) bond motifs is 16. The summed E-state index contributed by atoms with van der Waals surface area (Å²) in [6, 6.07) is 41.9. The van der Waals surface area contributed by atoms with Gasteiger partial charge in [0.05, 0.1) is 11.2 Å². The summed E-state index contributed by atoms with van der Waals surface area (Å²) in [6.45, 7) is 39.0. The van der Waals surface area contributed by atoms with Crippen LogP contribution in [0.4, 0.5) is 11.4 Å². The highest BCUT2D eigenvalue weighted by Gasteiger charge is 2.45. The van der Waals surface area contributed by atoms with Crippen molar-refractivity contribution in [1.82, 2.24) is 4.57 Å². The molecule has 1 N–H and O–H groups in total. The summed E-state index contributed by atoms with van der Waals surface area (Å²) < 4.78 is 8.40. The summed E-state index contributed by atoms with van der Waals surface area (Å²) in [5.41, 5.74) is 25.3. The van der Waals surface area contributed by atoms with E-state index in [0.29, 0.717) is 0 Å². The Kier molecular flexibility index (Phi) is 9.84. The minimum absolute atomic E-state index is 0.0234. The number of nitrogens with zero attached hydrogens (tertiary/aromatic N) is 1. The summed E-state index contributed by atoms with van der Waals surface area (Å²) in [5.74, 6) is 0. The molecule has 76 heavy (non-hydrogen) atoms. The van der Waals surface area contributed by atoms with Gasteiger partial charge < -0.3 is 9.88 Å². The van der Waals surface area contributed by atoms with Crippen LogP contribution < -0.4 is 15.6 Å². The number of hydrogen-bond donors (Lipinski definition) is 1. The van der Waals surface area contributed by atoms with E-state index < -0.39 is 0 Å². The molecule has 1 aliphatic heterocycles. The number of hydrogen-bond acceptors (Lipinski definition) is 3. The van der Waals surface area contributed by atoms with Gasteiger partial charge in [-0.1, -0.05) is 153 Å². The van der Waals surface area contributed by atoms with Crippen LogP contribution in [0.3, 0.4) is 0 Å². The Hall–Kier alpha value is -5.62. The van der Waals surface area contributed by atoms with Crippen LogP contribution in [0.25, 0.3) is 80.0 Å². The molecule has 0 bridgehead atoms. The van der Waals surface area contributed by atoms with E-state index in [2.05, 4.69) is 224 Å². The highest BCUT2D eigenvalue weighted by molar-refractivity contribution is 7.29. The van der Waals surface area contributed by atoms with Crippen molar-refractivity contribution in [2.75, 3.05) is 5.32 Å². The average molecular weight is 1030 g/mol. The zero-order valence-electron chi connectivity index (χ0n) is 48.1. The molecule has 0 radical (unpaired) electrons. The molecule has 0 spiro atoms. The van der Waals surface area contributed by atoms with Crippen molar-refractivity contribution >= 4 is 104 Å². The number of anilines is 2. The van der Waals surface area contributed by atoms with Crippen molar-refractivity contribution in [2.24, 2.45) is 0 Å². The van der Waals surface area contributed by atoms with Crippen LogP contribution in [0.2, 0.25) is 0 Å². The second-order valence-electron chi connectivity index (χ2n) is 29.1. The Bertz CT molecular complexity index is 4200. The smallest absolute Gasteiger partial charge is 0.211 e. The van der Waals surface area contributed by atoms with Gasteiger partial charge in [-0.15, -0.1) is 22.7 Å². The fraction of sp³-hybridized carbons (Fsp3) is 0.380. The molecule has 10 aromatic rings. The first kappa shape index (κ1) is 48.7. The van der Waals surface area contributed by atoms with Gasteiger partial charge in [0.25, 0.3) is 0 Å². The van der Waals surface area contributed by atoms with Gasteiger partial charge in [0.15, 0.2) is 0 Å². The minimum atomic E-state index is -0.268. The zero-order valence-corrected chi connectivity index (χ0v) is 49.7. The van der Waals surface area contributed by atoms with E-state index in [9.17, 15) is 0 Å². The van der Waals surface area contributed by atoms with Gasteiger partial charge in [-0.05, 0) is 190 Å². The SMILES string of the molecule is CC(C)(C)c1ccc(Nc2cc3c(cc2-c2c4c(c5c6cc7c(cc6n6c5c2Bc2sc5ccc(C(C)(C)C)cc5c2-6)C(C)(C)CCC7(C)C)C(C)(C)c2ccccc2-4)sc2cc4c(cc23)C(C)(C)CCC4(C)C)cc1. The summed E-state index contributed by atoms with van der Waals surface area (Å²) in [4.78, 5) is 0.